The molecule has 0 saturated carbocycles. The molecule has 1 aromatic carbocycles. The number of aryl methyl sites for hydroxylation is 1. The minimum atomic E-state index is -0.587. The molecule has 9 heteroatoms. The van der Waals surface area contributed by atoms with Crippen LogP contribution >= 0.6 is 0 Å². The maximum atomic E-state index is 13.3. The Morgan fingerprint density at radius 2 is 1.67 bits per heavy atom. The second-order valence-electron chi connectivity index (χ2n) is 7.90. The molecule has 3 heterocycles. The minimum absolute atomic E-state index is 0.0546. The highest BCUT2D eigenvalue weighted by molar-refractivity contribution is 5.76. The molecule has 0 atom stereocenters. The number of aromatic hydroxyl groups is 1. The van der Waals surface area contributed by atoms with Gasteiger partial charge in [0.05, 0.1) is 12.1 Å². The lowest BCUT2D eigenvalue weighted by Crippen LogP contribution is -2.37. The SMILES string of the molecule is CC(C)Cc1c(O)n2c3c(=O)n(C)c(=O)n(C)c3nc2n(Cc2ccccc2)c1=O. The number of imidazole rings is 1. The third-order valence-electron chi connectivity index (χ3n) is 5.26. The largest absolute Gasteiger partial charge is 0.494 e. The fourth-order valence-electron chi connectivity index (χ4n) is 3.75. The number of fused-ring (bicyclic) bond motifs is 3. The Kier molecular flexibility index (Phi) is 4.60. The summed E-state index contributed by atoms with van der Waals surface area (Å²) in [5.41, 5.74) is -0.235. The predicted molar refractivity (Wildman–Crippen MR) is 113 cm³/mol. The van der Waals surface area contributed by atoms with Gasteiger partial charge in [-0.05, 0) is 17.9 Å². The molecule has 4 aromatic rings. The van der Waals surface area contributed by atoms with Crippen molar-refractivity contribution in [3.63, 3.8) is 0 Å². The van der Waals surface area contributed by atoms with Gasteiger partial charge in [-0.15, -0.1) is 0 Å². The number of hydrogen-bond donors (Lipinski definition) is 1. The van der Waals surface area contributed by atoms with Crippen LogP contribution in [0.3, 0.4) is 0 Å². The number of aromatic nitrogens is 5. The van der Waals surface area contributed by atoms with Gasteiger partial charge in [0, 0.05) is 14.1 Å². The van der Waals surface area contributed by atoms with Crippen LogP contribution in [-0.2, 0) is 27.1 Å². The minimum Gasteiger partial charge on any atom is -0.494 e. The zero-order valence-corrected chi connectivity index (χ0v) is 17.3. The van der Waals surface area contributed by atoms with E-state index in [1.165, 1.54) is 27.6 Å². The maximum absolute atomic E-state index is 13.3. The Hall–Kier alpha value is -3.62. The first-order valence-electron chi connectivity index (χ1n) is 9.69. The van der Waals surface area contributed by atoms with E-state index in [9.17, 15) is 19.5 Å². The highest BCUT2D eigenvalue weighted by Gasteiger charge is 2.24. The van der Waals surface area contributed by atoms with Gasteiger partial charge in [0.15, 0.2) is 11.2 Å². The van der Waals surface area contributed by atoms with Gasteiger partial charge in [0.25, 0.3) is 11.1 Å². The molecule has 0 aliphatic carbocycles. The van der Waals surface area contributed by atoms with Crippen LogP contribution in [0.15, 0.2) is 44.7 Å². The van der Waals surface area contributed by atoms with Gasteiger partial charge in [-0.2, -0.15) is 4.98 Å². The summed E-state index contributed by atoms with van der Waals surface area (Å²) in [5, 5.41) is 11.0. The van der Waals surface area contributed by atoms with E-state index in [4.69, 9.17) is 0 Å². The summed E-state index contributed by atoms with van der Waals surface area (Å²) < 4.78 is 4.93. The molecule has 0 fully saturated rings. The molecular formula is C21H23N5O4. The van der Waals surface area contributed by atoms with Crippen LogP contribution < -0.4 is 16.8 Å². The second kappa shape index (κ2) is 7.01. The predicted octanol–water partition coefficient (Wildman–Crippen LogP) is 0.999. The van der Waals surface area contributed by atoms with Crippen molar-refractivity contribution in [2.75, 3.05) is 0 Å². The van der Waals surface area contributed by atoms with Gasteiger partial charge >= 0.3 is 5.69 Å². The molecule has 4 rings (SSSR count). The molecule has 0 aliphatic heterocycles. The van der Waals surface area contributed by atoms with Gasteiger partial charge in [-0.3, -0.25) is 23.3 Å². The summed E-state index contributed by atoms with van der Waals surface area (Å²) in [6.07, 6.45) is 0.334. The van der Waals surface area contributed by atoms with Crippen LogP contribution in [0.5, 0.6) is 5.88 Å². The second-order valence-corrected chi connectivity index (χ2v) is 7.90. The number of nitrogens with zero attached hydrogens (tertiary/aromatic N) is 5. The molecule has 30 heavy (non-hydrogen) atoms. The van der Waals surface area contributed by atoms with Gasteiger partial charge in [-0.1, -0.05) is 44.2 Å². The first-order chi connectivity index (χ1) is 14.2. The van der Waals surface area contributed by atoms with Gasteiger partial charge in [0.1, 0.15) is 0 Å². The maximum Gasteiger partial charge on any atom is 0.332 e. The lowest BCUT2D eigenvalue weighted by atomic mass is 10.1. The molecule has 1 N–H and O–H groups in total. The van der Waals surface area contributed by atoms with Crippen molar-refractivity contribution in [3.8, 4) is 5.88 Å². The molecule has 156 valence electrons. The van der Waals surface area contributed by atoms with Gasteiger partial charge in [-0.25, -0.2) is 9.20 Å². The summed E-state index contributed by atoms with van der Waals surface area (Å²) in [6, 6.07) is 9.39. The molecule has 0 spiro atoms. The Morgan fingerprint density at radius 1 is 1.00 bits per heavy atom. The zero-order chi connectivity index (χ0) is 21.7. The average Bonchev–Trinajstić information content (AvgIpc) is 3.12. The fourth-order valence-corrected chi connectivity index (χ4v) is 3.75. The Balaban J connectivity index is 2.21. The quantitative estimate of drug-likeness (QED) is 0.542. The third kappa shape index (κ3) is 2.85. The Labute approximate surface area is 171 Å². The van der Waals surface area contributed by atoms with E-state index >= 15 is 0 Å². The molecule has 0 radical (unpaired) electrons. The standard InChI is InChI=1S/C21H23N5O4/c1-12(2)10-14-17(27)25(11-13-8-6-5-7-9-13)20-22-16-15(26(20)18(14)28)19(29)24(4)21(30)23(16)3/h5-9,12,28H,10-11H2,1-4H3. The number of rotatable bonds is 4. The van der Waals surface area contributed by atoms with E-state index in [-0.39, 0.29) is 46.4 Å². The monoisotopic (exact) mass is 409 g/mol. The average molecular weight is 409 g/mol. The Morgan fingerprint density at radius 3 is 2.30 bits per heavy atom. The van der Waals surface area contributed by atoms with Crippen LogP contribution in [0.1, 0.15) is 25.0 Å². The molecule has 0 amide bonds. The molecule has 0 unspecified atom stereocenters. The smallest absolute Gasteiger partial charge is 0.332 e. The molecule has 0 aliphatic rings. The van der Waals surface area contributed by atoms with Gasteiger partial charge < -0.3 is 5.11 Å². The fraction of sp³-hybridized carbons (Fsp3) is 0.333. The van der Waals surface area contributed by atoms with E-state index < -0.39 is 11.2 Å². The van der Waals surface area contributed by atoms with E-state index in [0.29, 0.717) is 6.42 Å². The highest BCUT2D eigenvalue weighted by Crippen LogP contribution is 2.23. The van der Waals surface area contributed by atoms with E-state index in [1.807, 2.05) is 44.2 Å². The van der Waals surface area contributed by atoms with Crippen LogP contribution in [0, 0.1) is 5.92 Å². The summed E-state index contributed by atoms with van der Waals surface area (Å²) in [6.45, 7) is 4.10. The zero-order valence-electron chi connectivity index (χ0n) is 17.3. The summed E-state index contributed by atoms with van der Waals surface area (Å²) in [7, 11) is 2.87. The Bertz CT molecular complexity index is 1460. The van der Waals surface area contributed by atoms with E-state index in [2.05, 4.69) is 4.98 Å². The van der Waals surface area contributed by atoms with Crippen molar-refractivity contribution >= 4 is 16.9 Å². The number of benzene rings is 1. The summed E-state index contributed by atoms with van der Waals surface area (Å²) >= 11 is 0. The first-order valence-corrected chi connectivity index (χ1v) is 9.69. The van der Waals surface area contributed by atoms with Crippen molar-refractivity contribution in [2.24, 2.45) is 20.0 Å². The van der Waals surface area contributed by atoms with Crippen molar-refractivity contribution < 1.29 is 5.11 Å². The van der Waals surface area contributed by atoms with E-state index in [1.54, 1.807) is 0 Å². The van der Waals surface area contributed by atoms with Crippen LogP contribution in [-0.4, -0.2) is 28.2 Å². The van der Waals surface area contributed by atoms with E-state index in [0.717, 1.165) is 10.1 Å². The highest BCUT2D eigenvalue weighted by atomic mass is 16.3. The van der Waals surface area contributed by atoms with Crippen molar-refractivity contribution in [3.05, 3.63) is 72.7 Å². The molecule has 9 nitrogen and oxygen atoms in total. The number of hydrogen-bond acceptors (Lipinski definition) is 5. The topological polar surface area (TPSA) is 104 Å². The van der Waals surface area contributed by atoms with Crippen molar-refractivity contribution in [1.82, 2.24) is 23.1 Å². The molecule has 0 bridgehead atoms. The lowest BCUT2D eigenvalue weighted by molar-refractivity contribution is 0.428. The van der Waals surface area contributed by atoms with Crippen molar-refractivity contribution in [1.29, 1.82) is 0 Å². The molecule has 3 aromatic heterocycles. The van der Waals surface area contributed by atoms with Crippen LogP contribution in [0.25, 0.3) is 16.9 Å². The molecule has 0 saturated heterocycles. The molecular weight excluding hydrogens is 386 g/mol. The first kappa shape index (κ1) is 19.7. The third-order valence-corrected chi connectivity index (χ3v) is 5.26. The normalized spacial score (nSPS) is 11.8. The summed E-state index contributed by atoms with van der Waals surface area (Å²) in [5.74, 6) is -0.0957. The summed E-state index contributed by atoms with van der Waals surface area (Å²) in [4.78, 5) is 43.0. The van der Waals surface area contributed by atoms with Crippen LogP contribution in [0.4, 0.5) is 0 Å². The van der Waals surface area contributed by atoms with Crippen LogP contribution in [0.2, 0.25) is 0 Å². The lowest BCUT2D eigenvalue weighted by Gasteiger charge is -2.14. The van der Waals surface area contributed by atoms with Crippen molar-refractivity contribution in [2.45, 2.75) is 26.8 Å². The van der Waals surface area contributed by atoms with Gasteiger partial charge in [0.2, 0.25) is 11.7 Å².